The van der Waals surface area contributed by atoms with Gasteiger partial charge in [-0.25, -0.2) is 4.98 Å². The second-order valence-electron chi connectivity index (χ2n) is 4.03. The van der Waals surface area contributed by atoms with E-state index in [1.54, 1.807) is 13.2 Å². The number of nitrogens with zero attached hydrogens (tertiary/aromatic N) is 2. The van der Waals surface area contributed by atoms with Crippen LogP contribution in [-0.4, -0.2) is 23.7 Å². The van der Waals surface area contributed by atoms with Gasteiger partial charge in [-0.3, -0.25) is 0 Å². The van der Waals surface area contributed by atoms with E-state index in [-0.39, 0.29) is 5.95 Å². The molecule has 1 aromatic carbocycles. The molecule has 0 amide bonds. The van der Waals surface area contributed by atoms with Gasteiger partial charge in [0.05, 0.1) is 19.4 Å². The molecule has 5 nitrogen and oxygen atoms in total. The first-order valence-corrected chi connectivity index (χ1v) is 6.14. The number of hydrogen-bond donors (Lipinski definition) is 1. The summed E-state index contributed by atoms with van der Waals surface area (Å²) in [6, 6.07) is 9.38. The number of benzene rings is 1. The molecule has 2 rings (SSSR count). The quantitative estimate of drug-likeness (QED) is 0.893. The first-order valence-electron chi connectivity index (χ1n) is 6.14. The van der Waals surface area contributed by atoms with Gasteiger partial charge in [0.2, 0.25) is 11.8 Å². The Bertz CT molecular complexity index is 541. The van der Waals surface area contributed by atoms with Gasteiger partial charge >= 0.3 is 0 Å². The zero-order chi connectivity index (χ0) is 13.7. The van der Waals surface area contributed by atoms with Gasteiger partial charge in [0.15, 0.2) is 0 Å². The summed E-state index contributed by atoms with van der Waals surface area (Å²) in [6.45, 7) is 2.65. The average molecular weight is 259 g/mol. The second-order valence-corrected chi connectivity index (χ2v) is 4.03. The maximum atomic E-state index is 5.70. The predicted molar refractivity (Wildman–Crippen MR) is 74.2 cm³/mol. The molecule has 0 saturated heterocycles. The standard InChI is InChI=1S/C14H17N3O2/c1-3-8-19-13-9-12(16-14(15)17-13)10-4-6-11(18-2)7-5-10/h4-7,9H,3,8H2,1-2H3,(H2,15,16,17). The SMILES string of the molecule is CCCOc1cc(-c2ccc(OC)cc2)nc(N)n1. The minimum absolute atomic E-state index is 0.208. The Morgan fingerprint density at radius 1 is 1.16 bits per heavy atom. The largest absolute Gasteiger partial charge is 0.497 e. The highest BCUT2D eigenvalue weighted by molar-refractivity contribution is 5.62. The number of ether oxygens (including phenoxy) is 2. The molecule has 0 bridgehead atoms. The molecule has 19 heavy (non-hydrogen) atoms. The van der Waals surface area contributed by atoms with Crippen LogP contribution in [0, 0.1) is 0 Å². The molecule has 100 valence electrons. The molecule has 0 aliphatic rings. The average Bonchev–Trinajstić information content (AvgIpc) is 2.44. The molecule has 0 atom stereocenters. The molecular formula is C14H17N3O2. The van der Waals surface area contributed by atoms with Crippen molar-refractivity contribution in [3.8, 4) is 22.9 Å². The number of nitrogens with two attached hydrogens (primary N) is 1. The lowest BCUT2D eigenvalue weighted by molar-refractivity contribution is 0.305. The van der Waals surface area contributed by atoms with Crippen LogP contribution >= 0.6 is 0 Å². The molecule has 1 aromatic heterocycles. The first-order chi connectivity index (χ1) is 9.22. The predicted octanol–water partition coefficient (Wildman–Crippen LogP) is 2.52. The molecule has 0 radical (unpaired) electrons. The van der Waals surface area contributed by atoms with Crippen molar-refractivity contribution < 1.29 is 9.47 Å². The fraction of sp³-hybridized carbons (Fsp3) is 0.286. The van der Waals surface area contributed by atoms with Crippen molar-refractivity contribution in [1.82, 2.24) is 9.97 Å². The molecule has 1 heterocycles. The van der Waals surface area contributed by atoms with Crippen LogP contribution in [0.25, 0.3) is 11.3 Å². The zero-order valence-electron chi connectivity index (χ0n) is 11.1. The van der Waals surface area contributed by atoms with Crippen LogP contribution in [-0.2, 0) is 0 Å². The lowest BCUT2D eigenvalue weighted by Crippen LogP contribution is -2.02. The minimum Gasteiger partial charge on any atom is -0.497 e. The van der Waals surface area contributed by atoms with Crippen LogP contribution in [0.5, 0.6) is 11.6 Å². The molecule has 2 N–H and O–H groups in total. The van der Waals surface area contributed by atoms with Crippen molar-refractivity contribution in [2.24, 2.45) is 0 Å². The van der Waals surface area contributed by atoms with Gasteiger partial charge in [0.25, 0.3) is 0 Å². The van der Waals surface area contributed by atoms with E-state index in [0.29, 0.717) is 12.5 Å². The van der Waals surface area contributed by atoms with Gasteiger partial charge in [-0.15, -0.1) is 0 Å². The summed E-state index contributed by atoms with van der Waals surface area (Å²) in [7, 11) is 1.63. The second kappa shape index (κ2) is 6.04. The number of rotatable bonds is 5. The summed E-state index contributed by atoms with van der Waals surface area (Å²) in [4.78, 5) is 8.26. The Hall–Kier alpha value is -2.30. The van der Waals surface area contributed by atoms with Crippen molar-refractivity contribution >= 4 is 5.95 Å². The fourth-order valence-electron chi connectivity index (χ4n) is 1.63. The molecule has 0 fully saturated rings. The maximum Gasteiger partial charge on any atom is 0.223 e. The van der Waals surface area contributed by atoms with Crippen LogP contribution in [0.2, 0.25) is 0 Å². The number of hydrogen-bond acceptors (Lipinski definition) is 5. The van der Waals surface area contributed by atoms with E-state index in [9.17, 15) is 0 Å². The Labute approximate surface area is 112 Å². The monoisotopic (exact) mass is 259 g/mol. The number of anilines is 1. The molecular weight excluding hydrogens is 242 g/mol. The normalized spacial score (nSPS) is 10.2. The maximum absolute atomic E-state index is 5.70. The van der Waals surface area contributed by atoms with Crippen LogP contribution in [0.3, 0.4) is 0 Å². The van der Waals surface area contributed by atoms with Crippen molar-refractivity contribution in [3.05, 3.63) is 30.3 Å². The Morgan fingerprint density at radius 2 is 1.89 bits per heavy atom. The number of aromatic nitrogens is 2. The van der Waals surface area contributed by atoms with Crippen molar-refractivity contribution in [1.29, 1.82) is 0 Å². The molecule has 0 saturated carbocycles. The summed E-state index contributed by atoms with van der Waals surface area (Å²) in [6.07, 6.45) is 0.918. The number of methoxy groups -OCH3 is 1. The van der Waals surface area contributed by atoms with Crippen LogP contribution in [0.1, 0.15) is 13.3 Å². The van der Waals surface area contributed by atoms with Gasteiger partial charge < -0.3 is 15.2 Å². The topological polar surface area (TPSA) is 70.3 Å². The van der Waals surface area contributed by atoms with E-state index in [1.165, 1.54) is 0 Å². The van der Waals surface area contributed by atoms with Crippen molar-refractivity contribution in [3.63, 3.8) is 0 Å². The highest BCUT2D eigenvalue weighted by Crippen LogP contribution is 2.24. The lowest BCUT2D eigenvalue weighted by atomic mass is 10.1. The molecule has 0 unspecified atom stereocenters. The summed E-state index contributed by atoms with van der Waals surface area (Å²) in [5.41, 5.74) is 7.38. The summed E-state index contributed by atoms with van der Waals surface area (Å²) in [5.74, 6) is 1.51. The van der Waals surface area contributed by atoms with Gasteiger partial charge in [-0.2, -0.15) is 4.98 Å². The van der Waals surface area contributed by atoms with Gasteiger partial charge in [0, 0.05) is 11.6 Å². The Balaban J connectivity index is 2.29. The van der Waals surface area contributed by atoms with E-state index in [1.807, 2.05) is 31.2 Å². The van der Waals surface area contributed by atoms with Gasteiger partial charge in [0.1, 0.15) is 5.75 Å². The van der Waals surface area contributed by atoms with Crippen LogP contribution < -0.4 is 15.2 Å². The van der Waals surface area contributed by atoms with Crippen molar-refractivity contribution in [2.45, 2.75) is 13.3 Å². The van der Waals surface area contributed by atoms with Crippen LogP contribution in [0.15, 0.2) is 30.3 Å². The third-order valence-electron chi connectivity index (χ3n) is 2.56. The van der Waals surface area contributed by atoms with Gasteiger partial charge in [-0.05, 0) is 30.7 Å². The number of nitrogen functional groups attached to an aromatic ring is 1. The highest BCUT2D eigenvalue weighted by atomic mass is 16.5. The smallest absolute Gasteiger partial charge is 0.223 e. The third kappa shape index (κ3) is 3.34. The van der Waals surface area contributed by atoms with Gasteiger partial charge in [-0.1, -0.05) is 6.92 Å². The summed E-state index contributed by atoms with van der Waals surface area (Å²) < 4.78 is 10.6. The highest BCUT2D eigenvalue weighted by Gasteiger charge is 2.06. The Kier molecular flexibility index (Phi) is 4.18. The first kappa shape index (κ1) is 13.1. The minimum atomic E-state index is 0.208. The molecule has 5 heteroatoms. The molecule has 2 aromatic rings. The van der Waals surface area contributed by atoms with E-state index >= 15 is 0 Å². The molecule has 0 aliphatic carbocycles. The Morgan fingerprint density at radius 3 is 2.53 bits per heavy atom. The summed E-state index contributed by atoms with van der Waals surface area (Å²) in [5, 5.41) is 0. The van der Waals surface area contributed by atoms with E-state index in [4.69, 9.17) is 15.2 Å². The molecule has 0 spiro atoms. The van der Waals surface area contributed by atoms with Crippen molar-refractivity contribution in [2.75, 3.05) is 19.5 Å². The summed E-state index contributed by atoms with van der Waals surface area (Å²) >= 11 is 0. The van der Waals surface area contributed by atoms with Crippen LogP contribution in [0.4, 0.5) is 5.95 Å². The van der Waals surface area contributed by atoms with E-state index in [0.717, 1.165) is 23.4 Å². The molecule has 0 aliphatic heterocycles. The van der Waals surface area contributed by atoms with E-state index < -0.39 is 0 Å². The third-order valence-corrected chi connectivity index (χ3v) is 2.56. The van der Waals surface area contributed by atoms with E-state index in [2.05, 4.69) is 9.97 Å². The fourth-order valence-corrected chi connectivity index (χ4v) is 1.63. The lowest BCUT2D eigenvalue weighted by Gasteiger charge is -2.07. The zero-order valence-corrected chi connectivity index (χ0v) is 11.1.